The number of carbonyl (C=O) groups excluding carboxylic acids is 2. The second-order valence-corrected chi connectivity index (χ2v) is 14.5. The minimum atomic E-state index is -3.85. The monoisotopic (exact) mass is 676 g/mol. The van der Waals surface area contributed by atoms with Crippen molar-refractivity contribution in [1.82, 2.24) is 0 Å². The quantitative estimate of drug-likeness (QED) is 0.156. The van der Waals surface area contributed by atoms with Crippen LogP contribution in [-0.4, -0.2) is 81.7 Å². The van der Waals surface area contributed by atoms with E-state index in [1.165, 1.54) is 113 Å². The Kier molecular flexibility index (Phi) is 22.2. The summed E-state index contributed by atoms with van der Waals surface area (Å²) in [6.45, 7) is 29.6. The molecule has 0 N–H and O–H groups in total. The molecule has 9 heteroatoms. The molecule has 0 saturated carbocycles. The van der Waals surface area contributed by atoms with Crippen molar-refractivity contribution in [2.45, 2.75) is 117 Å². The molecule has 0 spiro atoms. The van der Waals surface area contributed by atoms with Gasteiger partial charge in [0.25, 0.3) is 0 Å². The second-order valence-electron chi connectivity index (χ2n) is 12.6. The molecule has 0 unspecified atom stereocenters. The van der Waals surface area contributed by atoms with Crippen LogP contribution in [0.1, 0.15) is 127 Å². The van der Waals surface area contributed by atoms with Gasteiger partial charge in [0, 0.05) is 0 Å². The molecule has 0 saturated heterocycles. The van der Waals surface area contributed by atoms with Crippen LogP contribution in [0.5, 0.6) is 0 Å². The summed E-state index contributed by atoms with van der Waals surface area (Å²) in [4.78, 5) is 21.0. The molecule has 0 fully saturated rings. The van der Waals surface area contributed by atoms with Crippen LogP contribution in [-0.2, 0) is 9.84 Å². The highest BCUT2D eigenvalue weighted by Gasteiger charge is 2.24. The van der Waals surface area contributed by atoms with Crippen molar-refractivity contribution >= 4 is 21.8 Å². The standard InChI is InChI=1S/C14H10O6S.2C12H28N/c15-13(16)9-1-5-11(6-2-9)21(19,20)12-7-3-10(4-8-12)14(17)18;2*1-5-9-13(10-6-2,11-7-3)12-8-4/h1-8H,(H,15,16)(H,17,18);2*5-12H2,1-4H3/q;2*+1/p-2. The van der Waals surface area contributed by atoms with Gasteiger partial charge in [-0.05, 0) is 86.8 Å². The number of benzene rings is 2. The molecule has 0 aliphatic heterocycles. The van der Waals surface area contributed by atoms with Crippen LogP contribution >= 0.6 is 0 Å². The fraction of sp³-hybridized carbons (Fsp3) is 0.632. The van der Waals surface area contributed by atoms with Crippen molar-refractivity contribution < 1.29 is 37.2 Å². The zero-order valence-electron chi connectivity index (χ0n) is 30.7. The van der Waals surface area contributed by atoms with Crippen molar-refractivity contribution in [1.29, 1.82) is 0 Å². The number of hydrogen-bond donors (Lipinski definition) is 0. The van der Waals surface area contributed by atoms with E-state index in [-0.39, 0.29) is 20.9 Å². The molecule has 2 aromatic carbocycles. The highest BCUT2D eigenvalue weighted by atomic mass is 32.2. The molecule has 0 aromatic heterocycles. The fourth-order valence-corrected chi connectivity index (χ4v) is 8.07. The van der Waals surface area contributed by atoms with Crippen LogP contribution in [0.4, 0.5) is 0 Å². The van der Waals surface area contributed by atoms with Crippen molar-refractivity contribution in [2.24, 2.45) is 0 Å². The summed E-state index contributed by atoms with van der Waals surface area (Å²) in [6, 6.07) is 9.07. The molecule has 0 aliphatic carbocycles. The second kappa shape index (κ2) is 23.6. The molecule has 0 aliphatic rings. The average molecular weight is 677 g/mol. The summed E-state index contributed by atoms with van der Waals surface area (Å²) in [5.41, 5.74) is -0.275. The summed E-state index contributed by atoms with van der Waals surface area (Å²) < 4.78 is 27.3. The molecular formula is C38H64N2O6S. The number of quaternary nitrogens is 2. The Bertz CT molecular complexity index is 1090. The van der Waals surface area contributed by atoms with E-state index in [0.717, 1.165) is 48.5 Å². The number of nitrogens with zero attached hydrogens (tertiary/aromatic N) is 2. The lowest BCUT2D eigenvalue weighted by molar-refractivity contribution is -0.928. The molecule has 47 heavy (non-hydrogen) atoms. The molecule has 0 radical (unpaired) electrons. The van der Waals surface area contributed by atoms with Gasteiger partial charge in [-0.15, -0.1) is 0 Å². The predicted octanol–water partition coefficient (Wildman–Crippen LogP) is 6.13. The van der Waals surface area contributed by atoms with Crippen molar-refractivity contribution in [2.75, 3.05) is 52.4 Å². The first kappa shape index (κ1) is 44.2. The van der Waals surface area contributed by atoms with Gasteiger partial charge >= 0.3 is 0 Å². The Morgan fingerprint density at radius 3 is 0.787 bits per heavy atom. The molecule has 268 valence electrons. The van der Waals surface area contributed by atoms with Gasteiger partial charge in [-0.25, -0.2) is 8.42 Å². The number of carboxylic acid groups (broad SMARTS) is 2. The van der Waals surface area contributed by atoms with Gasteiger partial charge in [0.05, 0.1) is 74.1 Å². The van der Waals surface area contributed by atoms with E-state index in [9.17, 15) is 28.2 Å². The molecule has 0 heterocycles. The lowest BCUT2D eigenvalue weighted by Gasteiger charge is -2.38. The van der Waals surface area contributed by atoms with Crippen molar-refractivity contribution in [3.63, 3.8) is 0 Å². The zero-order chi connectivity index (χ0) is 35.9. The number of rotatable bonds is 20. The smallest absolute Gasteiger partial charge is 0.206 e. The summed E-state index contributed by atoms with van der Waals surface area (Å²) in [5.74, 6) is -2.81. The Morgan fingerprint density at radius 1 is 0.447 bits per heavy atom. The van der Waals surface area contributed by atoms with Crippen LogP contribution in [0, 0.1) is 0 Å². The van der Waals surface area contributed by atoms with Gasteiger partial charge in [-0.2, -0.15) is 0 Å². The van der Waals surface area contributed by atoms with E-state index in [2.05, 4.69) is 55.4 Å². The van der Waals surface area contributed by atoms with E-state index < -0.39 is 21.8 Å². The normalized spacial score (nSPS) is 11.6. The SMILES string of the molecule is CCC[N+](CCC)(CCC)CCC.CCC[N+](CCC)(CCC)CCC.O=C([O-])c1ccc(S(=O)(=O)c2ccc(C(=O)[O-])cc2)cc1. The summed E-state index contributed by atoms with van der Waals surface area (Å²) in [6.07, 6.45) is 10.7. The maximum absolute atomic E-state index is 12.3. The van der Waals surface area contributed by atoms with E-state index in [1.807, 2.05) is 0 Å². The van der Waals surface area contributed by atoms with Crippen molar-refractivity contribution in [3.05, 3.63) is 59.7 Å². The Morgan fingerprint density at radius 2 is 0.638 bits per heavy atom. The first-order valence-corrected chi connectivity index (χ1v) is 19.4. The Labute approximate surface area is 286 Å². The maximum atomic E-state index is 12.3. The fourth-order valence-electron chi connectivity index (χ4n) is 6.81. The highest BCUT2D eigenvalue weighted by Crippen LogP contribution is 2.21. The summed E-state index contributed by atoms with van der Waals surface area (Å²) in [5, 5.41) is 21.2. The number of hydrogen-bond acceptors (Lipinski definition) is 6. The van der Waals surface area contributed by atoms with Crippen molar-refractivity contribution in [3.8, 4) is 0 Å². The minimum absolute atomic E-state index is 0.103. The zero-order valence-corrected chi connectivity index (χ0v) is 31.5. The minimum Gasteiger partial charge on any atom is -0.545 e. The molecule has 0 bridgehead atoms. The topological polar surface area (TPSA) is 114 Å². The Hall–Kier alpha value is -2.75. The largest absolute Gasteiger partial charge is 0.545 e. The van der Waals surface area contributed by atoms with E-state index >= 15 is 0 Å². The lowest BCUT2D eigenvalue weighted by atomic mass is 10.2. The lowest BCUT2D eigenvalue weighted by Crippen LogP contribution is -2.50. The van der Waals surface area contributed by atoms with Gasteiger partial charge in [-0.3, -0.25) is 0 Å². The van der Waals surface area contributed by atoms with Crippen LogP contribution < -0.4 is 10.2 Å². The van der Waals surface area contributed by atoms with Gasteiger partial charge in [0.1, 0.15) is 0 Å². The molecule has 2 rings (SSSR count). The van der Waals surface area contributed by atoms with E-state index in [0.29, 0.717) is 0 Å². The summed E-state index contributed by atoms with van der Waals surface area (Å²) in [7, 11) is -3.85. The first-order valence-electron chi connectivity index (χ1n) is 17.9. The van der Waals surface area contributed by atoms with E-state index in [1.54, 1.807) is 0 Å². The number of aromatic carboxylic acids is 2. The maximum Gasteiger partial charge on any atom is 0.206 e. The molecule has 2 aromatic rings. The van der Waals surface area contributed by atoms with Gasteiger partial charge in [-0.1, -0.05) is 79.7 Å². The number of carbonyl (C=O) groups is 2. The van der Waals surface area contributed by atoms with Crippen LogP contribution in [0.15, 0.2) is 58.3 Å². The van der Waals surface area contributed by atoms with Crippen LogP contribution in [0.3, 0.4) is 0 Å². The molecule has 0 amide bonds. The number of carboxylic acids is 2. The third kappa shape index (κ3) is 15.3. The Balaban J connectivity index is 0.000000714. The molecule has 0 atom stereocenters. The number of sulfone groups is 1. The highest BCUT2D eigenvalue weighted by molar-refractivity contribution is 7.91. The van der Waals surface area contributed by atoms with Crippen LogP contribution in [0.2, 0.25) is 0 Å². The van der Waals surface area contributed by atoms with Gasteiger partial charge in [0.15, 0.2) is 0 Å². The van der Waals surface area contributed by atoms with Gasteiger partial charge in [0.2, 0.25) is 9.84 Å². The third-order valence-electron chi connectivity index (χ3n) is 8.38. The first-order chi connectivity index (χ1) is 22.3. The van der Waals surface area contributed by atoms with Gasteiger partial charge < -0.3 is 28.8 Å². The summed E-state index contributed by atoms with van der Waals surface area (Å²) >= 11 is 0. The average Bonchev–Trinajstić information content (AvgIpc) is 3.03. The molecule has 8 nitrogen and oxygen atoms in total. The van der Waals surface area contributed by atoms with E-state index in [4.69, 9.17) is 0 Å². The molecular weight excluding hydrogens is 612 g/mol. The third-order valence-corrected chi connectivity index (χ3v) is 10.2. The van der Waals surface area contributed by atoms with Crippen LogP contribution in [0.25, 0.3) is 0 Å². The predicted molar refractivity (Wildman–Crippen MR) is 189 cm³/mol.